The predicted octanol–water partition coefficient (Wildman–Crippen LogP) is 4.23. The average Bonchev–Trinajstić information content (AvgIpc) is 3.17. The third-order valence-corrected chi connectivity index (χ3v) is 6.86. The number of nitrogens with zero attached hydrogens (tertiary/aromatic N) is 3. The molecule has 2 aliphatic rings. The Kier molecular flexibility index (Phi) is 5.20. The summed E-state index contributed by atoms with van der Waals surface area (Å²) >= 11 is 1.71. The zero-order valence-electron chi connectivity index (χ0n) is 15.2. The fraction of sp³-hybridized carbons (Fsp3) is 0.571. The first-order valence-electron chi connectivity index (χ1n) is 9.63. The molecule has 3 nitrogen and oxygen atoms in total. The molecular weight excluding hydrogens is 326 g/mol. The molecule has 1 spiro atoms. The Hall–Kier alpha value is -1.23. The third-order valence-electron chi connectivity index (χ3n) is 6.22. The van der Waals surface area contributed by atoms with Gasteiger partial charge in [-0.2, -0.15) is 0 Å². The summed E-state index contributed by atoms with van der Waals surface area (Å²) in [6.45, 7) is 9.47. The topological polar surface area (TPSA) is 19.4 Å². The van der Waals surface area contributed by atoms with Crippen LogP contribution in [0.3, 0.4) is 0 Å². The highest BCUT2D eigenvalue weighted by Crippen LogP contribution is 2.45. The number of piperidine rings is 2. The molecule has 4 heteroatoms. The van der Waals surface area contributed by atoms with Crippen LogP contribution in [0.1, 0.15) is 43.4 Å². The molecule has 0 N–H and O–H groups in total. The number of thiazole rings is 1. The van der Waals surface area contributed by atoms with Crippen LogP contribution in [-0.2, 0) is 6.54 Å². The Labute approximate surface area is 155 Å². The highest BCUT2D eigenvalue weighted by Gasteiger charge is 2.41. The fourth-order valence-electron chi connectivity index (χ4n) is 4.78. The molecule has 2 aromatic rings. The molecular formula is C21H29N3S. The van der Waals surface area contributed by atoms with E-state index in [9.17, 15) is 0 Å². The van der Waals surface area contributed by atoms with Crippen molar-refractivity contribution < 1.29 is 0 Å². The minimum atomic E-state index is 0.507. The van der Waals surface area contributed by atoms with Crippen LogP contribution >= 0.6 is 11.3 Å². The van der Waals surface area contributed by atoms with Crippen molar-refractivity contribution in [2.24, 2.45) is 5.41 Å². The molecule has 4 rings (SSSR count). The van der Waals surface area contributed by atoms with Crippen LogP contribution in [0.2, 0.25) is 0 Å². The zero-order chi connectivity index (χ0) is 17.1. The lowest BCUT2D eigenvalue weighted by Crippen LogP contribution is -2.51. The molecule has 1 atom stereocenters. The summed E-state index contributed by atoms with van der Waals surface area (Å²) in [7, 11) is 0. The molecule has 2 fully saturated rings. The quantitative estimate of drug-likeness (QED) is 0.818. The van der Waals surface area contributed by atoms with Crippen molar-refractivity contribution in [1.82, 2.24) is 14.8 Å². The Morgan fingerprint density at radius 2 is 1.96 bits per heavy atom. The van der Waals surface area contributed by atoms with Crippen molar-refractivity contribution in [1.29, 1.82) is 0 Å². The second-order valence-corrected chi connectivity index (χ2v) is 8.61. The first-order valence-corrected chi connectivity index (χ1v) is 10.6. The number of likely N-dealkylation sites (tertiary alicyclic amines) is 2. The van der Waals surface area contributed by atoms with E-state index in [-0.39, 0.29) is 0 Å². The van der Waals surface area contributed by atoms with Gasteiger partial charge in [-0.3, -0.25) is 4.90 Å². The maximum absolute atomic E-state index is 4.46. The van der Waals surface area contributed by atoms with Gasteiger partial charge in [0.1, 0.15) is 0 Å². The summed E-state index contributed by atoms with van der Waals surface area (Å²) in [5, 5.41) is 2.19. The lowest BCUT2D eigenvalue weighted by Gasteiger charge is -2.50. The molecule has 134 valence electrons. The number of rotatable bonds is 4. The number of hydrogen-bond acceptors (Lipinski definition) is 4. The first kappa shape index (κ1) is 17.2. The number of benzene rings is 1. The van der Waals surface area contributed by atoms with Gasteiger partial charge < -0.3 is 4.90 Å². The molecule has 0 radical (unpaired) electrons. The van der Waals surface area contributed by atoms with Gasteiger partial charge in [0.2, 0.25) is 0 Å². The van der Waals surface area contributed by atoms with E-state index in [0.717, 1.165) is 6.54 Å². The van der Waals surface area contributed by atoms with Gasteiger partial charge in [0.15, 0.2) is 0 Å². The van der Waals surface area contributed by atoms with Crippen molar-refractivity contribution in [2.45, 2.75) is 38.6 Å². The summed E-state index contributed by atoms with van der Waals surface area (Å²) in [4.78, 5) is 9.75. The van der Waals surface area contributed by atoms with Crippen LogP contribution in [0.5, 0.6) is 0 Å². The van der Waals surface area contributed by atoms with Crippen molar-refractivity contribution in [2.75, 3.05) is 32.7 Å². The monoisotopic (exact) mass is 355 g/mol. The van der Waals surface area contributed by atoms with E-state index >= 15 is 0 Å². The van der Waals surface area contributed by atoms with E-state index in [2.05, 4.69) is 57.4 Å². The van der Waals surface area contributed by atoms with Gasteiger partial charge in [0.25, 0.3) is 0 Å². The van der Waals surface area contributed by atoms with E-state index in [0.29, 0.717) is 11.3 Å². The Balaban J connectivity index is 1.43. The van der Waals surface area contributed by atoms with Gasteiger partial charge >= 0.3 is 0 Å². The molecule has 0 saturated carbocycles. The normalized spacial score (nSPS) is 24.6. The van der Waals surface area contributed by atoms with Gasteiger partial charge in [-0.15, -0.1) is 11.3 Å². The average molecular weight is 356 g/mol. The van der Waals surface area contributed by atoms with Crippen LogP contribution in [-0.4, -0.2) is 47.5 Å². The van der Waals surface area contributed by atoms with Crippen molar-refractivity contribution in [3.05, 3.63) is 52.5 Å². The zero-order valence-corrected chi connectivity index (χ0v) is 16.0. The molecule has 2 saturated heterocycles. The van der Waals surface area contributed by atoms with Gasteiger partial charge in [-0.1, -0.05) is 37.3 Å². The van der Waals surface area contributed by atoms with E-state index in [4.69, 9.17) is 0 Å². The fourth-order valence-corrected chi connectivity index (χ4v) is 5.33. The minimum absolute atomic E-state index is 0.507. The van der Waals surface area contributed by atoms with Crippen molar-refractivity contribution >= 4 is 11.3 Å². The van der Waals surface area contributed by atoms with E-state index in [1.807, 2.05) is 5.51 Å². The molecule has 0 unspecified atom stereocenters. The lowest BCUT2D eigenvalue weighted by atomic mass is 9.68. The van der Waals surface area contributed by atoms with E-state index in [1.54, 1.807) is 11.3 Å². The summed E-state index contributed by atoms with van der Waals surface area (Å²) in [6, 6.07) is 11.2. The Morgan fingerprint density at radius 3 is 2.64 bits per heavy atom. The number of aromatic nitrogens is 1. The largest absolute Gasteiger partial charge is 0.302 e. The highest BCUT2D eigenvalue weighted by atomic mass is 32.1. The molecule has 0 aliphatic carbocycles. The highest BCUT2D eigenvalue weighted by molar-refractivity contribution is 7.07. The summed E-state index contributed by atoms with van der Waals surface area (Å²) < 4.78 is 0. The standard InChI is InChI=1S/C21H29N3S/c1-2-23-13-19(18-6-4-3-5-7-18)12-21(16-23)8-10-24(11-9-21)14-20-15-25-17-22-20/h3-7,15,17,19H,2,8-14,16H2,1H3/t19-/m0/s1. The maximum atomic E-state index is 4.46. The number of likely N-dealkylation sites (N-methyl/N-ethyl adjacent to an activating group) is 1. The van der Waals surface area contributed by atoms with E-state index < -0.39 is 0 Å². The smallest absolute Gasteiger partial charge is 0.0795 e. The molecule has 0 bridgehead atoms. The van der Waals surface area contributed by atoms with Crippen LogP contribution < -0.4 is 0 Å². The van der Waals surface area contributed by atoms with Crippen molar-refractivity contribution in [3.63, 3.8) is 0 Å². The molecule has 1 aromatic heterocycles. The van der Waals surface area contributed by atoms with E-state index in [1.165, 1.54) is 63.2 Å². The second-order valence-electron chi connectivity index (χ2n) is 7.90. The van der Waals surface area contributed by atoms with Crippen LogP contribution in [0, 0.1) is 5.41 Å². The van der Waals surface area contributed by atoms with Gasteiger partial charge in [-0.25, -0.2) is 4.98 Å². The van der Waals surface area contributed by atoms with Crippen LogP contribution in [0.4, 0.5) is 0 Å². The maximum Gasteiger partial charge on any atom is 0.0795 e. The molecule has 0 amide bonds. The lowest BCUT2D eigenvalue weighted by molar-refractivity contribution is 0.0135. The van der Waals surface area contributed by atoms with Crippen molar-refractivity contribution in [3.8, 4) is 0 Å². The third kappa shape index (κ3) is 3.97. The number of hydrogen-bond donors (Lipinski definition) is 0. The Morgan fingerprint density at radius 1 is 1.16 bits per heavy atom. The van der Waals surface area contributed by atoms with Gasteiger partial charge in [-0.05, 0) is 55.8 Å². The summed E-state index contributed by atoms with van der Waals surface area (Å²) in [6.07, 6.45) is 4.02. The SMILES string of the molecule is CCN1C[C@@H](c2ccccc2)CC2(CCN(Cc3cscn3)CC2)C1. The predicted molar refractivity (Wildman–Crippen MR) is 105 cm³/mol. The Bertz CT molecular complexity index is 647. The second kappa shape index (κ2) is 7.56. The first-order chi connectivity index (χ1) is 12.3. The molecule has 2 aliphatic heterocycles. The summed E-state index contributed by atoms with van der Waals surface area (Å²) in [5.41, 5.74) is 5.23. The van der Waals surface area contributed by atoms with Gasteiger partial charge in [0.05, 0.1) is 11.2 Å². The molecule has 1 aromatic carbocycles. The minimum Gasteiger partial charge on any atom is -0.302 e. The summed E-state index contributed by atoms with van der Waals surface area (Å²) in [5.74, 6) is 0.694. The molecule has 25 heavy (non-hydrogen) atoms. The van der Waals surface area contributed by atoms with Gasteiger partial charge in [0, 0.05) is 25.0 Å². The van der Waals surface area contributed by atoms with Crippen LogP contribution in [0.15, 0.2) is 41.2 Å². The molecule has 3 heterocycles. The van der Waals surface area contributed by atoms with Crippen LogP contribution in [0.25, 0.3) is 0 Å².